The van der Waals surface area contributed by atoms with Gasteiger partial charge < -0.3 is 4.74 Å². The summed E-state index contributed by atoms with van der Waals surface area (Å²) in [6.45, 7) is 6.95. The summed E-state index contributed by atoms with van der Waals surface area (Å²) < 4.78 is 7.15. The molecule has 3 aromatic rings. The molecule has 1 aromatic carbocycles. The van der Waals surface area contributed by atoms with Crippen LogP contribution in [0.1, 0.15) is 41.8 Å². The predicted molar refractivity (Wildman–Crippen MR) is 106 cm³/mol. The Labute approximate surface area is 158 Å². The van der Waals surface area contributed by atoms with Crippen LogP contribution in [0.4, 0.5) is 0 Å². The maximum atomic E-state index is 12.3. The molecule has 0 saturated carbocycles. The van der Waals surface area contributed by atoms with Crippen molar-refractivity contribution in [2.24, 2.45) is 0 Å². The lowest BCUT2D eigenvalue weighted by atomic mass is 10.1. The quantitative estimate of drug-likeness (QED) is 0.754. The van der Waals surface area contributed by atoms with Crippen LogP contribution in [0.2, 0.25) is 0 Å². The second kappa shape index (κ2) is 7.19. The molecule has 2 aromatic heterocycles. The number of fused-ring (bicyclic) bond motifs is 1. The van der Waals surface area contributed by atoms with E-state index in [4.69, 9.17) is 4.74 Å². The number of aromatic amines is 1. The highest BCUT2D eigenvalue weighted by Crippen LogP contribution is 2.30. The summed E-state index contributed by atoms with van der Waals surface area (Å²) in [7, 11) is 1.73. The van der Waals surface area contributed by atoms with Crippen molar-refractivity contribution in [3.8, 4) is 5.75 Å². The summed E-state index contributed by atoms with van der Waals surface area (Å²) in [5, 5.41) is 3.26. The summed E-state index contributed by atoms with van der Waals surface area (Å²) in [5.74, 6) is 1.36. The predicted octanol–water partition coefficient (Wildman–Crippen LogP) is 2.89. The van der Waals surface area contributed by atoms with Crippen molar-refractivity contribution >= 4 is 5.65 Å². The molecule has 6 nitrogen and oxygen atoms in total. The molecule has 0 amide bonds. The van der Waals surface area contributed by atoms with Crippen LogP contribution >= 0.6 is 0 Å². The van der Waals surface area contributed by atoms with Crippen LogP contribution in [0.25, 0.3) is 5.65 Å². The minimum absolute atomic E-state index is 0.0394. The molecular formula is C21H26N4O2. The Morgan fingerprint density at radius 3 is 2.96 bits per heavy atom. The lowest BCUT2D eigenvalue weighted by molar-refractivity contribution is 0.316. The average molecular weight is 366 g/mol. The zero-order valence-electron chi connectivity index (χ0n) is 16.2. The Hall–Kier alpha value is -2.60. The van der Waals surface area contributed by atoms with E-state index in [9.17, 15) is 4.79 Å². The maximum absolute atomic E-state index is 12.3. The van der Waals surface area contributed by atoms with E-state index in [0.717, 1.165) is 49.6 Å². The fourth-order valence-electron chi connectivity index (χ4n) is 4.05. The summed E-state index contributed by atoms with van der Waals surface area (Å²) in [6.07, 6.45) is 1.83. The van der Waals surface area contributed by atoms with Crippen LogP contribution in [0.3, 0.4) is 0 Å². The summed E-state index contributed by atoms with van der Waals surface area (Å²) in [5.41, 5.74) is 4.99. The third kappa shape index (κ3) is 3.37. The van der Waals surface area contributed by atoms with Crippen LogP contribution in [0.5, 0.6) is 5.75 Å². The van der Waals surface area contributed by atoms with Crippen molar-refractivity contribution < 1.29 is 4.74 Å². The molecular weight excluding hydrogens is 340 g/mol. The number of para-hydroxylation sites is 1. The van der Waals surface area contributed by atoms with Crippen molar-refractivity contribution in [3.05, 3.63) is 63.2 Å². The van der Waals surface area contributed by atoms with E-state index in [1.165, 1.54) is 11.1 Å². The molecule has 0 radical (unpaired) electrons. The van der Waals surface area contributed by atoms with Crippen LogP contribution in [0, 0.1) is 6.92 Å². The number of methoxy groups -OCH3 is 1. The number of likely N-dealkylation sites (tertiary alicyclic amines) is 1. The second-order valence-electron chi connectivity index (χ2n) is 7.33. The molecule has 1 unspecified atom stereocenters. The third-order valence-electron chi connectivity index (χ3n) is 5.49. The minimum atomic E-state index is -0.0394. The Morgan fingerprint density at radius 1 is 1.33 bits per heavy atom. The van der Waals surface area contributed by atoms with Crippen molar-refractivity contribution in [1.29, 1.82) is 0 Å². The molecule has 1 N–H and O–H groups in total. The molecule has 1 fully saturated rings. The highest BCUT2D eigenvalue weighted by molar-refractivity contribution is 5.42. The van der Waals surface area contributed by atoms with Crippen LogP contribution in [-0.4, -0.2) is 39.7 Å². The van der Waals surface area contributed by atoms with Gasteiger partial charge in [-0.15, -0.1) is 0 Å². The monoisotopic (exact) mass is 366 g/mol. The molecule has 6 heteroatoms. The van der Waals surface area contributed by atoms with Gasteiger partial charge in [-0.3, -0.25) is 14.8 Å². The van der Waals surface area contributed by atoms with E-state index in [-0.39, 0.29) is 5.56 Å². The standard InChI is InChI=1S/C21H26N4O2/c1-4-17-10-20(26)25-19(22-17)11-18(23-25)15-8-9-24(12-15)13-16-7-5-6-14(2)21(16)27-3/h5-7,10-11,15,23H,4,8-9,12-13H2,1-3H3. The van der Waals surface area contributed by atoms with Crippen molar-refractivity contribution in [1.82, 2.24) is 19.5 Å². The largest absolute Gasteiger partial charge is 0.496 e. The first-order valence-electron chi connectivity index (χ1n) is 9.55. The number of hydrogen-bond acceptors (Lipinski definition) is 4. The summed E-state index contributed by atoms with van der Waals surface area (Å²) >= 11 is 0. The van der Waals surface area contributed by atoms with Crippen molar-refractivity contribution in [2.75, 3.05) is 20.2 Å². The molecule has 142 valence electrons. The first-order valence-corrected chi connectivity index (χ1v) is 9.55. The number of rotatable bonds is 5. The number of H-pyrrole nitrogens is 1. The van der Waals surface area contributed by atoms with E-state index >= 15 is 0 Å². The third-order valence-corrected chi connectivity index (χ3v) is 5.49. The Balaban J connectivity index is 1.53. The molecule has 27 heavy (non-hydrogen) atoms. The van der Waals surface area contributed by atoms with Crippen LogP contribution in [0.15, 0.2) is 35.1 Å². The molecule has 0 spiro atoms. The van der Waals surface area contributed by atoms with E-state index in [0.29, 0.717) is 11.6 Å². The van der Waals surface area contributed by atoms with Gasteiger partial charge in [0, 0.05) is 48.1 Å². The fourth-order valence-corrected chi connectivity index (χ4v) is 4.05. The lowest BCUT2D eigenvalue weighted by Crippen LogP contribution is -2.20. The molecule has 1 aliphatic heterocycles. The molecule has 0 aliphatic carbocycles. The van der Waals surface area contributed by atoms with Gasteiger partial charge in [0.2, 0.25) is 0 Å². The van der Waals surface area contributed by atoms with Gasteiger partial charge in [-0.25, -0.2) is 9.50 Å². The fraction of sp³-hybridized carbons (Fsp3) is 0.429. The molecule has 4 rings (SSSR count). The van der Waals surface area contributed by atoms with Gasteiger partial charge in [0.25, 0.3) is 5.56 Å². The van der Waals surface area contributed by atoms with Crippen molar-refractivity contribution in [3.63, 3.8) is 0 Å². The van der Waals surface area contributed by atoms with Gasteiger partial charge in [0.15, 0.2) is 5.65 Å². The highest BCUT2D eigenvalue weighted by atomic mass is 16.5. The second-order valence-corrected chi connectivity index (χ2v) is 7.33. The zero-order chi connectivity index (χ0) is 19.0. The maximum Gasteiger partial charge on any atom is 0.272 e. The number of aryl methyl sites for hydroxylation is 2. The number of ether oxygens (including phenoxy) is 1. The first-order chi connectivity index (χ1) is 13.1. The molecule has 1 saturated heterocycles. The molecule has 1 atom stereocenters. The normalized spacial score (nSPS) is 17.7. The van der Waals surface area contributed by atoms with Crippen LogP contribution in [-0.2, 0) is 13.0 Å². The summed E-state index contributed by atoms with van der Waals surface area (Å²) in [6, 6.07) is 9.94. The number of nitrogens with zero attached hydrogens (tertiary/aromatic N) is 3. The SMILES string of the molecule is CCc1cc(=O)n2[nH]c(C3CCN(Cc4cccc(C)c4OC)C3)cc2n1. The molecule has 3 heterocycles. The topological polar surface area (TPSA) is 62.6 Å². The lowest BCUT2D eigenvalue weighted by Gasteiger charge is -2.18. The van der Waals surface area contributed by atoms with E-state index in [1.807, 2.05) is 13.0 Å². The van der Waals surface area contributed by atoms with Crippen LogP contribution < -0.4 is 10.3 Å². The minimum Gasteiger partial charge on any atom is -0.496 e. The van der Waals surface area contributed by atoms with Gasteiger partial charge in [-0.1, -0.05) is 25.1 Å². The Kier molecular flexibility index (Phi) is 4.74. The van der Waals surface area contributed by atoms with Gasteiger partial charge >= 0.3 is 0 Å². The Bertz CT molecular complexity index is 1020. The van der Waals surface area contributed by atoms with Gasteiger partial charge in [0.1, 0.15) is 5.75 Å². The van der Waals surface area contributed by atoms with E-state index in [1.54, 1.807) is 17.7 Å². The summed E-state index contributed by atoms with van der Waals surface area (Å²) in [4.78, 5) is 19.3. The van der Waals surface area contributed by atoms with Gasteiger partial charge in [-0.2, -0.15) is 0 Å². The number of benzene rings is 1. The number of nitrogens with one attached hydrogen (secondary N) is 1. The Morgan fingerprint density at radius 2 is 2.19 bits per heavy atom. The molecule has 0 bridgehead atoms. The van der Waals surface area contributed by atoms with Gasteiger partial charge in [-0.05, 0) is 31.9 Å². The number of aromatic nitrogens is 3. The smallest absolute Gasteiger partial charge is 0.272 e. The van der Waals surface area contributed by atoms with E-state index in [2.05, 4.69) is 40.1 Å². The van der Waals surface area contributed by atoms with Gasteiger partial charge in [0.05, 0.1) is 7.11 Å². The van der Waals surface area contributed by atoms with Crippen molar-refractivity contribution in [2.45, 2.75) is 39.2 Å². The molecule has 1 aliphatic rings. The average Bonchev–Trinajstić information content (AvgIpc) is 3.29. The first kappa shape index (κ1) is 17.8. The zero-order valence-corrected chi connectivity index (χ0v) is 16.2. The number of hydrogen-bond donors (Lipinski definition) is 1. The highest BCUT2D eigenvalue weighted by Gasteiger charge is 2.26. The van der Waals surface area contributed by atoms with E-state index < -0.39 is 0 Å².